The van der Waals surface area contributed by atoms with Gasteiger partial charge in [0.15, 0.2) is 5.84 Å². The van der Waals surface area contributed by atoms with Crippen molar-refractivity contribution in [1.29, 1.82) is 0 Å². The summed E-state index contributed by atoms with van der Waals surface area (Å²) in [5, 5.41) is 4.31. The zero-order valence-corrected chi connectivity index (χ0v) is 19.2. The standard InChI is InChI=1S/C22H14Cl4N4O2/c23-12-5-8-19-15(9-12)21(14-3-1-2-4-16(14)24)27-11-20(29-19)30-32-22(31)28-13-6-7-17(25)18(26)10-13/h1-10H,11H2,(H,28,31)(H,29,30). The average molecular weight is 508 g/mol. The van der Waals surface area contributed by atoms with E-state index in [2.05, 4.69) is 20.8 Å². The third kappa shape index (κ3) is 5.16. The Labute approximate surface area is 203 Å². The van der Waals surface area contributed by atoms with Crippen LogP contribution >= 0.6 is 46.4 Å². The van der Waals surface area contributed by atoms with E-state index in [0.29, 0.717) is 48.6 Å². The van der Waals surface area contributed by atoms with Crippen molar-refractivity contribution in [2.75, 3.05) is 11.9 Å². The second-order valence-electron chi connectivity index (χ2n) is 6.61. The number of fused-ring (bicyclic) bond motifs is 1. The molecule has 162 valence electrons. The molecule has 1 amide bonds. The highest BCUT2D eigenvalue weighted by Gasteiger charge is 2.19. The van der Waals surface area contributed by atoms with Gasteiger partial charge in [-0.1, -0.05) is 64.6 Å². The average Bonchev–Trinajstić information content (AvgIpc) is 2.94. The minimum Gasteiger partial charge on any atom is -0.323 e. The molecule has 32 heavy (non-hydrogen) atoms. The Balaban J connectivity index is 1.54. The number of nitrogens with one attached hydrogen (secondary N) is 2. The molecule has 10 heteroatoms. The number of amidine groups is 1. The van der Waals surface area contributed by atoms with Gasteiger partial charge < -0.3 is 4.84 Å². The molecule has 0 radical (unpaired) electrons. The number of nitrogens with zero attached hydrogens (tertiary/aromatic N) is 2. The first-order valence-corrected chi connectivity index (χ1v) is 10.8. The maximum Gasteiger partial charge on any atom is 0.435 e. The van der Waals surface area contributed by atoms with Crippen LogP contribution in [0.3, 0.4) is 0 Å². The van der Waals surface area contributed by atoms with Gasteiger partial charge in [-0.2, -0.15) is 0 Å². The monoisotopic (exact) mass is 506 g/mol. The fraction of sp³-hybridized carbons (Fsp3) is 0.0455. The van der Waals surface area contributed by atoms with E-state index in [1.807, 2.05) is 18.2 Å². The summed E-state index contributed by atoms with van der Waals surface area (Å²) in [4.78, 5) is 26.4. The first-order valence-electron chi connectivity index (χ1n) is 9.26. The van der Waals surface area contributed by atoms with E-state index in [1.165, 1.54) is 6.07 Å². The first-order chi connectivity index (χ1) is 15.4. The second-order valence-corrected chi connectivity index (χ2v) is 8.27. The van der Waals surface area contributed by atoms with E-state index in [-0.39, 0.29) is 6.54 Å². The summed E-state index contributed by atoms with van der Waals surface area (Å²) in [6.07, 6.45) is -0.762. The summed E-state index contributed by atoms with van der Waals surface area (Å²) in [6.45, 7) is 0.118. The van der Waals surface area contributed by atoms with Crippen molar-refractivity contribution in [3.05, 3.63) is 91.9 Å². The Morgan fingerprint density at radius 2 is 1.69 bits per heavy atom. The van der Waals surface area contributed by atoms with Crippen LogP contribution in [0.2, 0.25) is 20.1 Å². The Kier molecular flexibility index (Phi) is 6.86. The number of rotatable bonds is 2. The molecule has 4 rings (SSSR count). The number of benzene rings is 3. The number of carbonyl (C=O) groups excluding carboxylic acids is 1. The zero-order chi connectivity index (χ0) is 22.7. The summed E-state index contributed by atoms with van der Waals surface area (Å²) in [6, 6.07) is 17.3. The van der Waals surface area contributed by atoms with Crippen LogP contribution in [0.4, 0.5) is 16.2 Å². The molecule has 0 saturated heterocycles. The molecule has 0 atom stereocenters. The summed E-state index contributed by atoms with van der Waals surface area (Å²) < 4.78 is 0. The topological polar surface area (TPSA) is 75.1 Å². The lowest BCUT2D eigenvalue weighted by Crippen LogP contribution is -2.31. The van der Waals surface area contributed by atoms with Gasteiger partial charge in [-0.25, -0.2) is 15.3 Å². The molecule has 0 fully saturated rings. The first kappa shape index (κ1) is 22.4. The smallest absolute Gasteiger partial charge is 0.323 e. The number of halogens is 4. The van der Waals surface area contributed by atoms with Gasteiger partial charge in [0, 0.05) is 26.9 Å². The lowest BCUT2D eigenvalue weighted by Gasteiger charge is -2.10. The third-order valence-corrected chi connectivity index (χ3v) is 5.72. The summed E-state index contributed by atoms with van der Waals surface area (Å²) >= 11 is 24.4. The van der Waals surface area contributed by atoms with E-state index in [4.69, 9.17) is 51.2 Å². The van der Waals surface area contributed by atoms with Crippen LogP contribution in [-0.2, 0) is 4.84 Å². The van der Waals surface area contributed by atoms with Crippen LogP contribution < -0.4 is 10.8 Å². The van der Waals surface area contributed by atoms with Gasteiger partial charge >= 0.3 is 6.09 Å². The van der Waals surface area contributed by atoms with Crippen molar-refractivity contribution in [3.63, 3.8) is 0 Å². The van der Waals surface area contributed by atoms with E-state index in [1.54, 1.807) is 36.4 Å². The molecule has 0 unspecified atom stereocenters. The number of hydroxylamine groups is 1. The Morgan fingerprint density at radius 1 is 0.875 bits per heavy atom. The molecule has 3 aromatic rings. The Bertz CT molecular complexity index is 1260. The normalized spacial score (nSPS) is 12.8. The van der Waals surface area contributed by atoms with Crippen molar-refractivity contribution < 1.29 is 9.63 Å². The predicted molar refractivity (Wildman–Crippen MR) is 130 cm³/mol. The van der Waals surface area contributed by atoms with Crippen LogP contribution in [0.25, 0.3) is 0 Å². The maximum atomic E-state index is 12.2. The number of aliphatic imine (C=N–C) groups is 2. The number of hydrogen-bond acceptors (Lipinski definition) is 5. The Hall–Kier alpha value is -2.77. The zero-order valence-electron chi connectivity index (χ0n) is 16.2. The molecule has 6 nitrogen and oxygen atoms in total. The number of hydrogen-bond donors (Lipinski definition) is 2. The highest BCUT2D eigenvalue weighted by Crippen LogP contribution is 2.30. The van der Waals surface area contributed by atoms with Gasteiger partial charge in [-0.05, 0) is 42.5 Å². The number of amides is 1. The van der Waals surface area contributed by atoms with Crippen molar-refractivity contribution in [3.8, 4) is 0 Å². The molecule has 2 N–H and O–H groups in total. The van der Waals surface area contributed by atoms with Crippen LogP contribution in [0, 0.1) is 0 Å². The lowest BCUT2D eigenvalue weighted by molar-refractivity contribution is 0.134. The largest absolute Gasteiger partial charge is 0.435 e. The molecule has 0 aromatic heterocycles. The molecular formula is C22H14Cl4N4O2. The molecular weight excluding hydrogens is 494 g/mol. The minimum absolute atomic E-state index is 0.118. The SMILES string of the molecule is O=C(Nc1ccc(Cl)c(Cl)c1)ONC1=Nc2ccc(Cl)cc2C(c2ccccc2Cl)=NC1. The van der Waals surface area contributed by atoms with Gasteiger partial charge in [-0.15, -0.1) is 0 Å². The second kappa shape index (κ2) is 9.79. The van der Waals surface area contributed by atoms with Crippen molar-refractivity contribution in [1.82, 2.24) is 5.48 Å². The van der Waals surface area contributed by atoms with Crippen LogP contribution in [0.5, 0.6) is 0 Å². The van der Waals surface area contributed by atoms with Gasteiger partial charge in [0.05, 0.1) is 21.4 Å². The Morgan fingerprint density at radius 3 is 2.47 bits per heavy atom. The fourth-order valence-corrected chi connectivity index (χ4v) is 3.67. The summed E-state index contributed by atoms with van der Waals surface area (Å²) in [7, 11) is 0. The minimum atomic E-state index is -0.762. The van der Waals surface area contributed by atoms with Gasteiger partial charge in [0.2, 0.25) is 0 Å². The molecule has 0 spiro atoms. The molecule has 0 saturated carbocycles. The highest BCUT2D eigenvalue weighted by atomic mass is 35.5. The van der Waals surface area contributed by atoms with Gasteiger partial charge in [0.25, 0.3) is 0 Å². The van der Waals surface area contributed by atoms with Gasteiger partial charge in [0.1, 0.15) is 6.54 Å². The maximum absolute atomic E-state index is 12.2. The predicted octanol–water partition coefficient (Wildman–Crippen LogP) is 6.93. The van der Waals surface area contributed by atoms with Gasteiger partial charge in [-0.3, -0.25) is 10.3 Å². The molecule has 1 heterocycles. The van der Waals surface area contributed by atoms with Crippen molar-refractivity contribution in [2.24, 2.45) is 9.98 Å². The quantitative estimate of drug-likeness (QED) is 0.369. The van der Waals surface area contributed by atoms with E-state index < -0.39 is 6.09 Å². The third-order valence-electron chi connectivity index (χ3n) is 4.41. The van der Waals surface area contributed by atoms with E-state index in [0.717, 1.165) is 5.56 Å². The highest BCUT2D eigenvalue weighted by molar-refractivity contribution is 6.42. The van der Waals surface area contributed by atoms with E-state index in [9.17, 15) is 4.79 Å². The van der Waals surface area contributed by atoms with Crippen molar-refractivity contribution in [2.45, 2.75) is 0 Å². The van der Waals surface area contributed by atoms with E-state index >= 15 is 0 Å². The lowest BCUT2D eigenvalue weighted by atomic mass is 10.0. The number of anilines is 1. The molecule has 0 aliphatic carbocycles. The fourth-order valence-electron chi connectivity index (χ4n) is 2.98. The molecule has 1 aliphatic heterocycles. The molecule has 3 aromatic carbocycles. The molecule has 0 bridgehead atoms. The summed E-state index contributed by atoms with van der Waals surface area (Å²) in [5.74, 6) is 0.319. The summed E-state index contributed by atoms with van der Waals surface area (Å²) in [5.41, 5.74) is 5.67. The van der Waals surface area contributed by atoms with Crippen LogP contribution in [-0.4, -0.2) is 24.2 Å². The van der Waals surface area contributed by atoms with Crippen LogP contribution in [0.1, 0.15) is 11.1 Å². The van der Waals surface area contributed by atoms with Crippen molar-refractivity contribution >= 4 is 75.4 Å². The van der Waals surface area contributed by atoms with Crippen LogP contribution in [0.15, 0.2) is 70.6 Å². The number of carbonyl (C=O) groups is 1. The molecule has 1 aliphatic rings.